The summed E-state index contributed by atoms with van der Waals surface area (Å²) >= 11 is 0. The number of hydrogen-bond acceptors (Lipinski definition) is 3. The Balaban J connectivity index is 0.00000243. The van der Waals surface area contributed by atoms with Crippen LogP contribution in [0.15, 0.2) is 35.6 Å². The van der Waals surface area contributed by atoms with E-state index in [4.69, 9.17) is 0 Å². The molecule has 1 heterocycles. The van der Waals surface area contributed by atoms with Crippen LogP contribution in [0.2, 0.25) is 0 Å². The van der Waals surface area contributed by atoms with E-state index in [0.717, 1.165) is 50.7 Å². The van der Waals surface area contributed by atoms with Gasteiger partial charge in [0.1, 0.15) is 18.0 Å². The lowest BCUT2D eigenvalue weighted by molar-refractivity contribution is 0.609. The van der Waals surface area contributed by atoms with Crippen molar-refractivity contribution in [2.75, 3.05) is 20.1 Å². The van der Waals surface area contributed by atoms with Gasteiger partial charge in [0.15, 0.2) is 5.96 Å². The van der Waals surface area contributed by atoms with E-state index in [9.17, 15) is 4.39 Å². The Morgan fingerprint density at radius 1 is 1.27 bits per heavy atom. The van der Waals surface area contributed by atoms with Gasteiger partial charge in [0.25, 0.3) is 0 Å². The summed E-state index contributed by atoms with van der Waals surface area (Å²) in [7, 11) is 1.77. The van der Waals surface area contributed by atoms with Gasteiger partial charge in [0.05, 0.1) is 0 Å². The summed E-state index contributed by atoms with van der Waals surface area (Å²) in [5, 5.41) is 14.7. The number of rotatable bonds is 7. The van der Waals surface area contributed by atoms with Crippen molar-refractivity contribution >= 4 is 29.9 Å². The molecule has 2 aromatic rings. The SMILES string of the molecule is CCc1nncn1CCNC(=NC)NCC1(c2ccc(F)cc2)CC1.I. The van der Waals surface area contributed by atoms with Crippen molar-refractivity contribution in [3.05, 3.63) is 47.8 Å². The summed E-state index contributed by atoms with van der Waals surface area (Å²) in [5.74, 6) is 1.57. The first-order valence-corrected chi connectivity index (χ1v) is 8.74. The minimum absolute atomic E-state index is 0. The molecule has 0 amide bonds. The fourth-order valence-corrected chi connectivity index (χ4v) is 3.03. The third-order valence-corrected chi connectivity index (χ3v) is 4.79. The average Bonchev–Trinajstić information content (AvgIpc) is 3.28. The monoisotopic (exact) mass is 472 g/mol. The third-order valence-electron chi connectivity index (χ3n) is 4.79. The first kappa shape index (κ1) is 20.6. The van der Waals surface area contributed by atoms with E-state index in [2.05, 4.69) is 32.7 Å². The van der Waals surface area contributed by atoms with E-state index in [1.54, 1.807) is 13.4 Å². The highest BCUT2D eigenvalue weighted by molar-refractivity contribution is 14.0. The molecule has 26 heavy (non-hydrogen) atoms. The number of aryl methyl sites for hydroxylation is 1. The molecule has 1 aliphatic carbocycles. The molecule has 2 N–H and O–H groups in total. The average molecular weight is 472 g/mol. The van der Waals surface area contributed by atoms with Gasteiger partial charge in [-0.3, -0.25) is 4.99 Å². The van der Waals surface area contributed by atoms with Gasteiger partial charge in [-0.05, 0) is 30.5 Å². The molecular formula is C18H26FIN6. The molecule has 0 unspecified atom stereocenters. The van der Waals surface area contributed by atoms with Gasteiger partial charge < -0.3 is 15.2 Å². The lowest BCUT2D eigenvalue weighted by atomic mass is 9.96. The minimum atomic E-state index is -0.189. The number of hydrogen-bond donors (Lipinski definition) is 2. The molecule has 0 radical (unpaired) electrons. The smallest absolute Gasteiger partial charge is 0.191 e. The second-order valence-corrected chi connectivity index (χ2v) is 6.43. The Bertz CT molecular complexity index is 724. The van der Waals surface area contributed by atoms with Crippen LogP contribution in [0.3, 0.4) is 0 Å². The third kappa shape index (κ3) is 4.93. The normalized spacial score (nSPS) is 15.3. The molecule has 1 fully saturated rings. The zero-order valence-electron chi connectivity index (χ0n) is 15.2. The van der Waals surface area contributed by atoms with Crippen LogP contribution in [0.25, 0.3) is 0 Å². The van der Waals surface area contributed by atoms with Crippen molar-refractivity contribution in [3.8, 4) is 0 Å². The molecule has 0 saturated heterocycles. The maximum Gasteiger partial charge on any atom is 0.191 e. The molecule has 1 aromatic heterocycles. The summed E-state index contributed by atoms with van der Waals surface area (Å²) < 4.78 is 15.2. The topological polar surface area (TPSA) is 67.1 Å². The van der Waals surface area contributed by atoms with Crippen LogP contribution in [0.4, 0.5) is 4.39 Å². The van der Waals surface area contributed by atoms with Crippen LogP contribution >= 0.6 is 24.0 Å². The highest BCUT2D eigenvalue weighted by Gasteiger charge is 2.44. The number of guanidine groups is 1. The predicted molar refractivity (Wildman–Crippen MR) is 111 cm³/mol. The van der Waals surface area contributed by atoms with Crippen LogP contribution in [-0.4, -0.2) is 40.9 Å². The number of aromatic nitrogens is 3. The van der Waals surface area contributed by atoms with Crippen LogP contribution in [-0.2, 0) is 18.4 Å². The summed E-state index contributed by atoms with van der Waals surface area (Å²) in [4.78, 5) is 4.28. The molecule has 1 saturated carbocycles. The van der Waals surface area contributed by atoms with Crippen molar-refractivity contribution in [2.24, 2.45) is 4.99 Å². The number of aliphatic imine (C=N–C) groups is 1. The largest absolute Gasteiger partial charge is 0.356 e. The first-order chi connectivity index (χ1) is 12.2. The Labute approximate surface area is 170 Å². The van der Waals surface area contributed by atoms with E-state index in [1.807, 2.05) is 16.7 Å². The van der Waals surface area contributed by atoms with Gasteiger partial charge in [0, 0.05) is 38.5 Å². The maximum absolute atomic E-state index is 13.1. The molecule has 1 aliphatic rings. The summed E-state index contributed by atoms with van der Waals surface area (Å²) in [6, 6.07) is 6.84. The van der Waals surface area contributed by atoms with Gasteiger partial charge >= 0.3 is 0 Å². The summed E-state index contributed by atoms with van der Waals surface area (Å²) in [6.45, 7) is 4.40. The molecule has 0 aliphatic heterocycles. The van der Waals surface area contributed by atoms with Crippen molar-refractivity contribution in [2.45, 2.75) is 38.1 Å². The van der Waals surface area contributed by atoms with E-state index < -0.39 is 0 Å². The molecule has 0 bridgehead atoms. The second kappa shape index (κ2) is 9.29. The predicted octanol–water partition coefficient (Wildman–Crippen LogP) is 2.49. The van der Waals surface area contributed by atoms with Crippen LogP contribution < -0.4 is 10.6 Å². The van der Waals surface area contributed by atoms with Crippen molar-refractivity contribution in [1.82, 2.24) is 25.4 Å². The molecule has 6 nitrogen and oxygen atoms in total. The van der Waals surface area contributed by atoms with Crippen molar-refractivity contribution in [3.63, 3.8) is 0 Å². The molecule has 142 valence electrons. The maximum atomic E-state index is 13.1. The molecule has 1 aromatic carbocycles. The standard InChI is InChI=1S/C18H25FN6.HI/c1-3-16-24-23-13-25(16)11-10-21-17(20-2)22-12-18(8-9-18)14-4-6-15(19)7-5-14;/h4-7,13H,3,8-12H2,1-2H3,(H2,20,21,22);1H. The molecule has 8 heteroatoms. The molecule has 0 atom stereocenters. The van der Waals surface area contributed by atoms with Gasteiger partial charge in [-0.25, -0.2) is 4.39 Å². The Hall–Kier alpha value is -1.71. The van der Waals surface area contributed by atoms with E-state index in [-0.39, 0.29) is 35.2 Å². The van der Waals surface area contributed by atoms with E-state index >= 15 is 0 Å². The highest BCUT2D eigenvalue weighted by Crippen LogP contribution is 2.47. The Morgan fingerprint density at radius 3 is 2.62 bits per heavy atom. The second-order valence-electron chi connectivity index (χ2n) is 6.43. The zero-order chi connectivity index (χ0) is 17.7. The molecular weight excluding hydrogens is 446 g/mol. The number of nitrogens with zero attached hydrogens (tertiary/aromatic N) is 4. The van der Waals surface area contributed by atoms with Gasteiger partial charge in [-0.2, -0.15) is 0 Å². The number of benzene rings is 1. The number of nitrogens with one attached hydrogen (secondary N) is 2. The fourth-order valence-electron chi connectivity index (χ4n) is 3.03. The highest BCUT2D eigenvalue weighted by atomic mass is 127. The lowest BCUT2D eigenvalue weighted by Crippen LogP contribution is -2.42. The first-order valence-electron chi connectivity index (χ1n) is 8.74. The van der Waals surface area contributed by atoms with Gasteiger partial charge in [-0.1, -0.05) is 19.1 Å². The van der Waals surface area contributed by atoms with E-state index in [0.29, 0.717) is 0 Å². The van der Waals surface area contributed by atoms with Crippen molar-refractivity contribution < 1.29 is 4.39 Å². The van der Waals surface area contributed by atoms with Gasteiger partial charge in [-0.15, -0.1) is 34.2 Å². The van der Waals surface area contributed by atoms with E-state index in [1.165, 1.54) is 17.7 Å². The lowest BCUT2D eigenvalue weighted by Gasteiger charge is -2.19. The fraction of sp³-hybridized carbons (Fsp3) is 0.500. The minimum Gasteiger partial charge on any atom is -0.356 e. The van der Waals surface area contributed by atoms with Crippen LogP contribution in [0.5, 0.6) is 0 Å². The summed E-state index contributed by atoms with van der Waals surface area (Å²) in [5.41, 5.74) is 1.29. The molecule has 3 rings (SSSR count). The zero-order valence-corrected chi connectivity index (χ0v) is 17.5. The quantitative estimate of drug-likeness (QED) is 0.369. The summed E-state index contributed by atoms with van der Waals surface area (Å²) in [6.07, 6.45) is 4.85. The number of halogens is 2. The van der Waals surface area contributed by atoms with Gasteiger partial charge in [0.2, 0.25) is 0 Å². The van der Waals surface area contributed by atoms with Crippen LogP contribution in [0.1, 0.15) is 31.2 Å². The van der Waals surface area contributed by atoms with Crippen molar-refractivity contribution in [1.29, 1.82) is 0 Å². The molecule has 0 spiro atoms. The Morgan fingerprint density at radius 2 is 2.00 bits per heavy atom. The Kier molecular flexibility index (Phi) is 7.36. The van der Waals surface area contributed by atoms with Crippen LogP contribution in [0, 0.1) is 5.82 Å².